The molecule has 1 aliphatic heterocycles. The normalized spacial score (nSPS) is 22.5. The fourth-order valence-electron chi connectivity index (χ4n) is 1.88. The summed E-state index contributed by atoms with van der Waals surface area (Å²) in [5, 5.41) is 1.11. The van der Waals surface area contributed by atoms with Gasteiger partial charge in [0, 0.05) is 24.5 Å². The van der Waals surface area contributed by atoms with Crippen molar-refractivity contribution in [3.63, 3.8) is 0 Å². The zero-order valence-corrected chi connectivity index (χ0v) is 10.9. The molecule has 0 aromatic carbocycles. The Hall–Kier alpha value is 0.400. The Morgan fingerprint density at radius 3 is 2.79 bits per heavy atom. The van der Waals surface area contributed by atoms with Crippen LogP contribution in [-0.2, 0) is 4.74 Å². The van der Waals surface area contributed by atoms with Gasteiger partial charge in [-0.15, -0.1) is 0 Å². The maximum atomic E-state index is 5.41. The molecule has 0 spiro atoms. The van der Waals surface area contributed by atoms with Gasteiger partial charge in [0.1, 0.15) is 0 Å². The Morgan fingerprint density at radius 1 is 1.50 bits per heavy atom. The van der Waals surface area contributed by atoms with E-state index in [0.29, 0.717) is 6.04 Å². The summed E-state index contributed by atoms with van der Waals surface area (Å²) >= 11 is 3.49. The number of alkyl halides is 1. The predicted octanol–water partition coefficient (Wildman–Crippen LogP) is 2.52. The number of ether oxygens (including phenoxy) is 1. The largest absolute Gasteiger partial charge is 0.381 e. The van der Waals surface area contributed by atoms with Crippen LogP contribution in [0.3, 0.4) is 0 Å². The summed E-state index contributed by atoms with van der Waals surface area (Å²) in [7, 11) is 0. The maximum absolute atomic E-state index is 5.41. The quantitative estimate of drug-likeness (QED) is 0.683. The molecule has 0 saturated carbocycles. The monoisotopic (exact) mass is 263 g/mol. The van der Waals surface area contributed by atoms with Gasteiger partial charge in [0.15, 0.2) is 0 Å². The van der Waals surface area contributed by atoms with E-state index in [1.54, 1.807) is 0 Å². The molecule has 0 N–H and O–H groups in total. The van der Waals surface area contributed by atoms with Gasteiger partial charge < -0.3 is 9.64 Å². The molecule has 0 aromatic rings. The van der Waals surface area contributed by atoms with Crippen LogP contribution in [0.4, 0.5) is 0 Å². The van der Waals surface area contributed by atoms with Crippen LogP contribution in [0.15, 0.2) is 0 Å². The van der Waals surface area contributed by atoms with Crippen LogP contribution in [0.1, 0.15) is 26.7 Å². The molecule has 1 rings (SSSR count). The summed E-state index contributed by atoms with van der Waals surface area (Å²) in [6.45, 7) is 8.92. The Kier molecular flexibility index (Phi) is 6.06. The van der Waals surface area contributed by atoms with Crippen molar-refractivity contribution >= 4 is 15.9 Å². The Bertz CT molecular complexity index is 146. The summed E-state index contributed by atoms with van der Waals surface area (Å²) in [5.41, 5.74) is 0. The van der Waals surface area contributed by atoms with Crippen molar-refractivity contribution in [2.24, 2.45) is 5.92 Å². The second-order valence-corrected chi connectivity index (χ2v) is 5.15. The minimum Gasteiger partial charge on any atom is -0.381 e. The SMILES string of the molecule is CC(C)N(CCCBr)CC1CCOC1. The lowest BCUT2D eigenvalue weighted by Crippen LogP contribution is -2.36. The van der Waals surface area contributed by atoms with E-state index in [2.05, 4.69) is 34.7 Å². The van der Waals surface area contributed by atoms with E-state index in [0.717, 1.165) is 24.5 Å². The maximum Gasteiger partial charge on any atom is 0.0507 e. The lowest BCUT2D eigenvalue weighted by molar-refractivity contribution is 0.153. The minimum absolute atomic E-state index is 0.662. The van der Waals surface area contributed by atoms with E-state index in [4.69, 9.17) is 4.74 Å². The standard InChI is InChI=1S/C11H22BrNO/c1-10(2)13(6-3-5-12)8-11-4-7-14-9-11/h10-11H,3-9H2,1-2H3. The molecule has 0 amide bonds. The third kappa shape index (κ3) is 4.28. The molecule has 1 fully saturated rings. The average molecular weight is 264 g/mol. The second kappa shape index (κ2) is 6.81. The molecule has 84 valence electrons. The lowest BCUT2D eigenvalue weighted by Gasteiger charge is -2.28. The molecule has 0 aliphatic carbocycles. The van der Waals surface area contributed by atoms with Crippen molar-refractivity contribution in [2.45, 2.75) is 32.7 Å². The number of hydrogen-bond donors (Lipinski definition) is 0. The van der Waals surface area contributed by atoms with Crippen molar-refractivity contribution in [1.82, 2.24) is 4.90 Å². The Labute approximate surface area is 96.1 Å². The topological polar surface area (TPSA) is 12.5 Å². The first-order chi connectivity index (χ1) is 6.74. The van der Waals surface area contributed by atoms with Gasteiger partial charge in [-0.1, -0.05) is 15.9 Å². The third-order valence-electron chi connectivity index (χ3n) is 2.83. The Morgan fingerprint density at radius 2 is 2.29 bits per heavy atom. The smallest absolute Gasteiger partial charge is 0.0507 e. The van der Waals surface area contributed by atoms with Gasteiger partial charge in [0.05, 0.1) is 6.61 Å². The zero-order valence-electron chi connectivity index (χ0n) is 9.34. The number of halogens is 1. The molecule has 1 saturated heterocycles. The van der Waals surface area contributed by atoms with Crippen molar-refractivity contribution < 1.29 is 4.74 Å². The first kappa shape index (κ1) is 12.5. The highest BCUT2D eigenvalue weighted by molar-refractivity contribution is 9.09. The lowest BCUT2D eigenvalue weighted by atomic mass is 10.1. The highest BCUT2D eigenvalue weighted by atomic mass is 79.9. The van der Waals surface area contributed by atoms with E-state index >= 15 is 0 Å². The third-order valence-corrected chi connectivity index (χ3v) is 3.39. The van der Waals surface area contributed by atoms with Gasteiger partial charge in [0.2, 0.25) is 0 Å². The van der Waals surface area contributed by atoms with Gasteiger partial charge in [-0.05, 0) is 39.2 Å². The van der Waals surface area contributed by atoms with E-state index in [-0.39, 0.29) is 0 Å². The number of hydrogen-bond acceptors (Lipinski definition) is 2. The van der Waals surface area contributed by atoms with Crippen LogP contribution < -0.4 is 0 Å². The fourth-order valence-corrected chi connectivity index (χ4v) is 2.13. The molecular formula is C11H22BrNO. The second-order valence-electron chi connectivity index (χ2n) is 4.36. The van der Waals surface area contributed by atoms with Crippen molar-refractivity contribution in [1.29, 1.82) is 0 Å². The molecule has 1 aliphatic rings. The first-order valence-corrected chi connectivity index (χ1v) is 6.74. The first-order valence-electron chi connectivity index (χ1n) is 5.61. The molecule has 1 heterocycles. The van der Waals surface area contributed by atoms with Gasteiger partial charge >= 0.3 is 0 Å². The van der Waals surface area contributed by atoms with Crippen molar-refractivity contribution in [3.8, 4) is 0 Å². The predicted molar refractivity (Wildman–Crippen MR) is 64.0 cm³/mol. The van der Waals surface area contributed by atoms with E-state index in [1.807, 2.05) is 0 Å². The summed E-state index contributed by atoms with van der Waals surface area (Å²) in [4.78, 5) is 2.57. The van der Waals surface area contributed by atoms with Crippen LogP contribution >= 0.6 is 15.9 Å². The summed E-state index contributed by atoms with van der Waals surface area (Å²) in [5.74, 6) is 0.771. The molecule has 0 radical (unpaired) electrons. The van der Waals surface area contributed by atoms with E-state index < -0.39 is 0 Å². The van der Waals surface area contributed by atoms with Crippen molar-refractivity contribution in [3.05, 3.63) is 0 Å². The number of rotatable bonds is 6. The zero-order chi connectivity index (χ0) is 10.4. The van der Waals surface area contributed by atoms with E-state index in [9.17, 15) is 0 Å². The summed E-state index contributed by atoms with van der Waals surface area (Å²) in [6.07, 6.45) is 2.49. The molecule has 0 aromatic heterocycles. The average Bonchev–Trinajstić information content (AvgIpc) is 2.64. The summed E-state index contributed by atoms with van der Waals surface area (Å²) in [6, 6.07) is 0.662. The molecule has 2 nitrogen and oxygen atoms in total. The fraction of sp³-hybridized carbons (Fsp3) is 1.00. The van der Waals surface area contributed by atoms with Gasteiger partial charge in [-0.2, -0.15) is 0 Å². The van der Waals surface area contributed by atoms with Gasteiger partial charge in [-0.3, -0.25) is 0 Å². The highest BCUT2D eigenvalue weighted by Gasteiger charge is 2.20. The minimum atomic E-state index is 0.662. The van der Waals surface area contributed by atoms with Crippen LogP contribution in [0, 0.1) is 5.92 Å². The van der Waals surface area contributed by atoms with Crippen LogP contribution in [-0.4, -0.2) is 42.6 Å². The van der Waals surface area contributed by atoms with Crippen LogP contribution in [0.5, 0.6) is 0 Å². The molecular weight excluding hydrogens is 242 g/mol. The molecule has 1 atom stereocenters. The molecule has 0 bridgehead atoms. The summed E-state index contributed by atoms with van der Waals surface area (Å²) < 4.78 is 5.41. The number of nitrogens with zero attached hydrogens (tertiary/aromatic N) is 1. The van der Waals surface area contributed by atoms with Crippen LogP contribution in [0.25, 0.3) is 0 Å². The highest BCUT2D eigenvalue weighted by Crippen LogP contribution is 2.15. The molecule has 3 heteroatoms. The molecule has 1 unspecified atom stereocenters. The van der Waals surface area contributed by atoms with Crippen LogP contribution in [0.2, 0.25) is 0 Å². The Balaban J connectivity index is 2.26. The van der Waals surface area contributed by atoms with Gasteiger partial charge in [0.25, 0.3) is 0 Å². The van der Waals surface area contributed by atoms with E-state index in [1.165, 1.54) is 25.9 Å². The molecule has 14 heavy (non-hydrogen) atoms. The van der Waals surface area contributed by atoms with Crippen molar-refractivity contribution in [2.75, 3.05) is 31.6 Å². The van der Waals surface area contributed by atoms with Gasteiger partial charge in [-0.25, -0.2) is 0 Å².